The summed E-state index contributed by atoms with van der Waals surface area (Å²) in [5.74, 6) is 1.48. The highest BCUT2D eigenvalue weighted by atomic mass is 19.1. The van der Waals surface area contributed by atoms with Gasteiger partial charge in [0.25, 0.3) is 0 Å². The van der Waals surface area contributed by atoms with Gasteiger partial charge in [0.2, 0.25) is 5.91 Å². The van der Waals surface area contributed by atoms with E-state index in [1.807, 2.05) is 18.2 Å². The first-order valence-electron chi connectivity index (χ1n) is 9.67. The Hall–Kier alpha value is -2.60. The van der Waals surface area contributed by atoms with Crippen LogP contribution in [0.3, 0.4) is 0 Å². The second-order valence-electron chi connectivity index (χ2n) is 7.23. The molecule has 0 saturated heterocycles. The lowest BCUT2D eigenvalue weighted by Gasteiger charge is -2.23. The summed E-state index contributed by atoms with van der Waals surface area (Å²) in [6.45, 7) is 6.03. The predicted molar refractivity (Wildman–Crippen MR) is 106 cm³/mol. The number of fused-ring (bicyclic) bond motifs is 1. The second kappa shape index (κ2) is 9.55. The molecule has 0 aromatic heterocycles. The molecule has 0 radical (unpaired) electrons. The summed E-state index contributed by atoms with van der Waals surface area (Å²) in [5.41, 5.74) is 2.06. The van der Waals surface area contributed by atoms with E-state index in [1.54, 1.807) is 12.1 Å². The number of benzene rings is 2. The zero-order chi connectivity index (χ0) is 19.9. The van der Waals surface area contributed by atoms with Crippen LogP contribution in [0.15, 0.2) is 42.5 Å². The summed E-state index contributed by atoms with van der Waals surface area (Å²) in [7, 11) is 0. The highest BCUT2D eigenvalue weighted by Gasteiger charge is 2.17. The fourth-order valence-corrected chi connectivity index (χ4v) is 3.26. The number of carbonyl (C=O) groups is 1. The molecule has 2 N–H and O–H groups in total. The molecule has 2 aromatic carbocycles. The van der Waals surface area contributed by atoms with Crippen molar-refractivity contribution >= 4 is 5.91 Å². The fraction of sp³-hybridized carbons (Fsp3) is 0.409. The molecule has 0 bridgehead atoms. The van der Waals surface area contributed by atoms with Gasteiger partial charge in [-0.1, -0.05) is 32.0 Å². The molecule has 0 saturated carbocycles. The third-order valence-electron chi connectivity index (χ3n) is 4.72. The van der Waals surface area contributed by atoms with Crippen molar-refractivity contribution in [2.75, 3.05) is 26.3 Å². The molecular weight excluding hydrogens is 359 g/mol. The minimum Gasteiger partial charge on any atom is -0.486 e. The zero-order valence-corrected chi connectivity index (χ0v) is 16.3. The largest absolute Gasteiger partial charge is 0.486 e. The monoisotopic (exact) mass is 386 g/mol. The molecule has 1 aliphatic heterocycles. The molecule has 6 heteroatoms. The maximum Gasteiger partial charge on any atom is 0.233 e. The van der Waals surface area contributed by atoms with Crippen molar-refractivity contribution in [2.24, 2.45) is 5.92 Å². The van der Waals surface area contributed by atoms with Gasteiger partial charge in [-0.05, 0) is 47.7 Å². The molecule has 1 unspecified atom stereocenters. The Labute approximate surface area is 165 Å². The van der Waals surface area contributed by atoms with Gasteiger partial charge in [-0.25, -0.2) is 4.39 Å². The lowest BCUT2D eigenvalue weighted by Crippen LogP contribution is -2.38. The summed E-state index contributed by atoms with van der Waals surface area (Å²) in [6, 6.07) is 12.2. The Balaban J connectivity index is 1.45. The maximum absolute atomic E-state index is 13.1. The highest BCUT2D eigenvalue weighted by Crippen LogP contribution is 2.30. The van der Waals surface area contributed by atoms with Crippen molar-refractivity contribution in [3.8, 4) is 11.5 Å². The van der Waals surface area contributed by atoms with Crippen molar-refractivity contribution in [1.82, 2.24) is 10.6 Å². The van der Waals surface area contributed by atoms with Crippen molar-refractivity contribution in [2.45, 2.75) is 26.3 Å². The van der Waals surface area contributed by atoms with Gasteiger partial charge in [0.15, 0.2) is 11.5 Å². The van der Waals surface area contributed by atoms with E-state index in [1.165, 1.54) is 12.1 Å². The summed E-state index contributed by atoms with van der Waals surface area (Å²) in [5, 5.41) is 6.21. The van der Waals surface area contributed by atoms with Gasteiger partial charge in [-0.2, -0.15) is 0 Å². The zero-order valence-electron chi connectivity index (χ0n) is 16.3. The van der Waals surface area contributed by atoms with Crippen LogP contribution in [-0.4, -0.2) is 32.2 Å². The number of nitrogens with one attached hydrogen (secondary N) is 2. The van der Waals surface area contributed by atoms with E-state index in [-0.39, 0.29) is 30.2 Å². The lowest BCUT2D eigenvalue weighted by atomic mass is 9.96. The molecule has 150 valence electrons. The first kappa shape index (κ1) is 20.1. The van der Waals surface area contributed by atoms with Crippen LogP contribution in [0.25, 0.3) is 0 Å². The van der Waals surface area contributed by atoms with Crippen molar-refractivity contribution in [3.63, 3.8) is 0 Å². The van der Waals surface area contributed by atoms with Gasteiger partial charge in [-0.3, -0.25) is 4.79 Å². The molecule has 3 rings (SSSR count). The average molecular weight is 386 g/mol. The number of amides is 1. The molecule has 2 aromatic rings. The normalized spacial score (nSPS) is 14.0. The van der Waals surface area contributed by atoms with Crippen molar-refractivity contribution in [1.29, 1.82) is 0 Å². The van der Waals surface area contributed by atoms with Crippen LogP contribution in [0.1, 0.15) is 31.0 Å². The van der Waals surface area contributed by atoms with Crippen molar-refractivity contribution < 1.29 is 18.7 Å². The smallest absolute Gasteiger partial charge is 0.233 e. The molecule has 0 aliphatic carbocycles. The van der Waals surface area contributed by atoms with Gasteiger partial charge >= 0.3 is 0 Å². The van der Waals surface area contributed by atoms with E-state index in [4.69, 9.17) is 9.47 Å². The van der Waals surface area contributed by atoms with Crippen LogP contribution in [0.2, 0.25) is 0 Å². The predicted octanol–water partition coefficient (Wildman–Crippen LogP) is 3.24. The van der Waals surface area contributed by atoms with Crippen molar-refractivity contribution in [3.05, 3.63) is 59.4 Å². The number of hydrogen-bond acceptors (Lipinski definition) is 4. The van der Waals surface area contributed by atoms with Gasteiger partial charge in [0, 0.05) is 12.6 Å². The van der Waals surface area contributed by atoms with E-state index in [2.05, 4.69) is 24.5 Å². The Morgan fingerprint density at radius 1 is 1.07 bits per heavy atom. The molecule has 1 atom stereocenters. The maximum atomic E-state index is 13.1. The van der Waals surface area contributed by atoms with E-state index < -0.39 is 0 Å². The lowest BCUT2D eigenvalue weighted by molar-refractivity contribution is -0.120. The molecule has 0 spiro atoms. The Morgan fingerprint density at radius 2 is 1.79 bits per heavy atom. The number of hydrogen-bond donors (Lipinski definition) is 2. The summed E-state index contributed by atoms with van der Waals surface area (Å²) >= 11 is 0. The molecule has 1 heterocycles. The minimum atomic E-state index is -0.261. The molecule has 5 nitrogen and oxygen atoms in total. The fourth-order valence-electron chi connectivity index (χ4n) is 3.26. The van der Waals surface area contributed by atoms with E-state index in [0.717, 1.165) is 22.6 Å². The molecular formula is C22H27FN2O3. The van der Waals surface area contributed by atoms with Gasteiger partial charge in [0.1, 0.15) is 19.0 Å². The number of rotatable bonds is 8. The SMILES string of the molecule is CC(C)C(NCC(=O)NCCc1ccc2c(c1)OCCO2)c1ccc(F)cc1. The first-order valence-corrected chi connectivity index (χ1v) is 9.67. The molecule has 1 aliphatic rings. The molecule has 1 amide bonds. The number of halogens is 1. The average Bonchev–Trinajstić information content (AvgIpc) is 2.69. The Morgan fingerprint density at radius 3 is 2.50 bits per heavy atom. The summed E-state index contributed by atoms with van der Waals surface area (Å²) in [6.07, 6.45) is 0.716. The van der Waals surface area contributed by atoms with E-state index in [9.17, 15) is 9.18 Å². The van der Waals surface area contributed by atoms with Crippen LogP contribution >= 0.6 is 0 Å². The topological polar surface area (TPSA) is 59.6 Å². The quantitative estimate of drug-likeness (QED) is 0.731. The number of ether oxygens (including phenoxy) is 2. The minimum absolute atomic E-state index is 0.0101. The number of carbonyl (C=O) groups excluding carboxylic acids is 1. The van der Waals surface area contributed by atoms with Crippen LogP contribution in [0.4, 0.5) is 4.39 Å². The van der Waals surface area contributed by atoms with E-state index >= 15 is 0 Å². The summed E-state index contributed by atoms with van der Waals surface area (Å²) < 4.78 is 24.2. The first-order chi connectivity index (χ1) is 13.5. The van der Waals surface area contributed by atoms with E-state index in [0.29, 0.717) is 26.2 Å². The van der Waals surface area contributed by atoms with Crippen LogP contribution in [-0.2, 0) is 11.2 Å². The Bertz CT molecular complexity index is 793. The Kier molecular flexibility index (Phi) is 6.87. The van der Waals surface area contributed by atoms with Crippen LogP contribution < -0.4 is 20.1 Å². The molecule has 28 heavy (non-hydrogen) atoms. The highest BCUT2D eigenvalue weighted by molar-refractivity contribution is 5.78. The van der Waals surface area contributed by atoms with Gasteiger partial charge in [-0.15, -0.1) is 0 Å². The second-order valence-corrected chi connectivity index (χ2v) is 7.23. The van der Waals surface area contributed by atoms with Crippen LogP contribution in [0, 0.1) is 11.7 Å². The van der Waals surface area contributed by atoms with Crippen LogP contribution in [0.5, 0.6) is 11.5 Å². The molecule has 0 fully saturated rings. The third-order valence-corrected chi connectivity index (χ3v) is 4.72. The van der Waals surface area contributed by atoms with Gasteiger partial charge < -0.3 is 20.1 Å². The summed E-state index contributed by atoms with van der Waals surface area (Å²) in [4.78, 5) is 12.2. The standard InChI is InChI=1S/C22H27FN2O3/c1-15(2)22(17-4-6-18(23)7-5-17)25-14-21(26)24-10-9-16-3-8-19-20(13-16)28-12-11-27-19/h3-8,13,15,22,25H,9-12,14H2,1-2H3,(H,24,26). The van der Waals surface area contributed by atoms with Gasteiger partial charge in [0.05, 0.1) is 6.54 Å². The third kappa shape index (κ3) is 5.45.